The highest BCUT2D eigenvalue weighted by Gasteiger charge is 2.27. The molecule has 1 aliphatic rings. The van der Waals surface area contributed by atoms with Crippen molar-refractivity contribution in [2.45, 2.75) is 63.0 Å². The fraction of sp³-hybridized carbons (Fsp3) is 0.435. The summed E-state index contributed by atoms with van der Waals surface area (Å²) in [7, 11) is -3.70. The van der Waals surface area contributed by atoms with Gasteiger partial charge in [0.05, 0.1) is 4.90 Å². The van der Waals surface area contributed by atoms with Gasteiger partial charge in [-0.1, -0.05) is 40.5 Å². The Hall–Kier alpha value is -1.90. The molecule has 0 bridgehead atoms. The monoisotopic (exact) mass is 509 g/mol. The Morgan fingerprint density at radius 1 is 1.16 bits per heavy atom. The minimum Gasteiger partial charge on any atom is -0.482 e. The molecular formula is C23H28BrNO5S. The third kappa shape index (κ3) is 6.54. The van der Waals surface area contributed by atoms with E-state index in [4.69, 9.17) is 9.47 Å². The summed E-state index contributed by atoms with van der Waals surface area (Å²) in [5.74, 6) is 0.155. The van der Waals surface area contributed by atoms with Crippen molar-refractivity contribution in [1.29, 1.82) is 0 Å². The zero-order chi connectivity index (χ0) is 22.6. The number of esters is 1. The normalized spacial score (nSPS) is 16.8. The zero-order valence-electron chi connectivity index (χ0n) is 18.0. The molecule has 1 unspecified atom stereocenters. The fourth-order valence-corrected chi connectivity index (χ4v) is 5.48. The molecule has 0 aromatic heterocycles. The van der Waals surface area contributed by atoms with Crippen LogP contribution in [-0.2, 0) is 26.0 Å². The fourth-order valence-electron chi connectivity index (χ4n) is 3.64. The number of hydrogen-bond donors (Lipinski definition) is 1. The molecule has 2 aromatic carbocycles. The molecule has 1 atom stereocenters. The third-order valence-electron chi connectivity index (χ3n) is 4.88. The number of hydrogen-bond acceptors (Lipinski definition) is 5. The number of benzene rings is 2. The van der Waals surface area contributed by atoms with Crippen LogP contribution in [0.2, 0.25) is 0 Å². The van der Waals surface area contributed by atoms with Crippen LogP contribution in [0.15, 0.2) is 51.8 Å². The van der Waals surface area contributed by atoms with Gasteiger partial charge in [-0.25, -0.2) is 17.9 Å². The number of carbonyl (C=O) groups is 1. The summed E-state index contributed by atoms with van der Waals surface area (Å²) in [5.41, 5.74) is 1.24. The van der Waals surface area contributed by atoms with Crippen LogP contribution in [-0.4, -0.2) is 26.6 Å². The number of fused-ring (bicyclic) bond motifs is 1. The lowest BCUT2D eigenvalue weighted by molar-refractivity contribution is -0.157. The average molecular weight is 510 g/mol. The van der Waals surface area contributed by atoms with E-state index in [2.05, 4.69) is 20.7 Å². The highest BCUT2D eigenvalue weighted by molar-refractivity contribution is 9.10. The van der Waals surface area contributed by atoms with Crippen molar-refractivity contribution in [2.75, 3.05) is 6.61 Å². The Morgan fingerprint density at radius 3 is 2.61 bits per heavy atom. The van der Waals surface area contributed by atoms with Gasteiger partial charge in [0.15, 0.2) is 6.61 Å². The minimum absolute atomic E-state index is 0.192. The standard InChI is InChI=1S/C23H28BrNO5S/c1-23(2,3)30-22(26)15-29-21-13-7-11-18-19(21)10-4-5-12-20(18)25-31(27,28)17-9-6-8-16(24)14-17/h6-9,11,13-14,20,25H,4-5,10,12,15H2,1-3H3. The summed E-state index contributed by atoms with van der Waals surface area (Å²) in [6.07, 6.45) is 3.24. The Labute approximate surface area is 192 Å². The van der Waals surface area contributed by atoms with Gasteiger partial charge < -0.3 is 9.47 Å². The highest BCUT2D eigenvalue weighted by Crippen LogP contribution is 2.35. The van der Waals surface area contributed by atoms with Gasteiger partial charge in [-0.3, -0.25) is 0 Å². The molecule has 0 spiro atoms. The van der Waals surface area contributed by atoms with Crippen LogP contribution in [0, 0.1) is 0 Å². The van der Waals surface area contributed by atoms with Crippen molar-refractivity contribution >= 4 is 31.9 Å². The van der Waals surface area contributed by atoms with Crippen molar-refractivity contribution in [3.8, 4) is 5.75 Å². The van der Waals surface area contributed by atoms with E-state index in [1.165, 1.54) is 0 Å². The summed E-state index contributed by atoms with van der Waals surface area (Å²) >= 11 is 3.33. The maximum Gasteiger partial charge on any atom is 0.344 e. The van der Waals surface area contributed by atoms with Crippen LogP contribution < -0.4 is 9.46 Å². The van der Waals surface area contributed by atoms with Crippen LogP contribution >= 0.6 is 15.9 Å². The number of rotatable bonds is 6. The van der Waals surface area contributed by atoms with Crippen LogP contribution in [0.4, 0.5) is 0 Å². The van der Waals surface area contributed by atoms with Crippen molar-refractivity contribution in [2.24, 2.45) is 0 Å². The Bertz CT molecular complexity index is 1050. The number of halogens is 1. The molecule has 0 saturated heterocycles. The van der Waals surface area contributed by atoms with Crippen LogP contribution in [0.3, 0.4) is 0 Å². The predicted octanol–water partition coefficient (Wildman–Crippen LogP) is 4.92. The second kappa shape index (κ2) is 9.71. The molecule has 168 valence electrons. The van der Waals surface area contributed by atoms with Crippen molar-refractivity contribution in [3.05, 3.63) is 58.1 Å². The van der Waals surface area contributed by atoms with E-state index in [-0.39, 0.29) is 17.5 Å². The quantitative estimate of drug-likeness (QED) is 0.441. The molecule has 3 rings (SSSR count). The van der Waals surface area contributed by atoms with Crippen LogP contribution in [0.1, 0.15) is 57.2 Å². The van der Waals surface area contributed by atoms with Gasteiger partial charge in [-0.05, 0) is 75.4 Å². The largest absolute Gasteiger partial charge is 0.482 e. The Morgan fingerprint density at radius 2 is 1.90 bits per heavy atom. The van der Waals surface area contributed by atoms with E-state index in [1.807, 2.05) is 18.2 Å². The van der Waals surface area contributed by atoms with E-state index in [1.54, 1.807) is 45.0 Å². The maximum absolute atomic E-state index is 13.0. The topological polar surface area (TPSA) is 81.7 Å². The first kappa shape index (κ1) is 23.8. The van der Waals surface area contributed by atoms with Gasteiger partial charge in [0.25, 0.3) is 0 Å². The van der Waals surface area contributed by atoms with Crippen molar-refractivity contribution in [1.82, 2.24) is 4.72 Å². The smallest absolute Gasteiger partial charge is 0.344 e. The lowest BCUT2D eigenvalue weighted by Gasteiger charge is -2.22. The second-order valence-corrected chi connectivity index (χ2v) is 11.2. The summed E-state index contributed by atoms with van der Waals surface area (Å²) in [6.45, 7) is 5.23. The summed E-state index contributed by atoms with van der Waals surface area (Å²) in [6, 6.07) is 11.8. The lowest BCUT2D eigenvalue weighted by Crippen LogP contribution is -2.29. The molecule has 31 heavy (non-hydrogen) atoms. The molecule has 0 saturated carbocycles. The van der Waals surface area contributed by atoms with Crippen LogP contribution in [0.5, 0.6) is 5.75 Å². The molecular weight excluding hydrogens is 482 g/mol. The molecule has 0 amide bonds. The Balaban J connectivity index is 1.82. The van der Waals surface area contributed by atoms with Crippen LogP contribution in [0.25, 0.3) is 0 Å². The molecule has 0 aliphatic heterocycles. The second-order valence-electron chi connectivity index (χ2n) is 8.58. The molecule has 0 heterocycles. The van der Waals surface area contributed by atoms with E-state index >= 15 is 0 Å². The molecule has 0 radical (unpaired) electrons. The summed E-state index contributed by atoms with van der Waals surface area (Å²) in [4.78, 5) is 12.3. The summed E-state index contributed by atoms with van der Waals surface area (Å²) in [5, 5.41) is 0. The number of carbonyl (C=O) groups excluding carboxylic acids is 1. The molecule has 1 aliphatic carbocycles. The van der Waals surface area contributed by atoms with Gasteiger partial charge in [0, 0.05) is 10.5 Å². The number of ether oxygens (including phenoxy) is 2. The van der Waals surface area contributed by atoms with Crippen molar-refractivity contribution in [3.63, 3.8) is 0 Å². The zero-order valence-corrected chi connectivity index (χ0v) is 20.4. The van der Waals surface area contributed by atoms with E-state index in [0.717, 1.165) is 30.4 Å². The molecule has 2 aromatic rings. The minimum atomic E-state index is -3.70. The number of sulfonamides is 1. The first-order valence-electron chi connectivity index (χ1n) is 10.3. The molecule has 0 fully saturated rings. The van der Waals surface area contributed by atoms with E-state index in [0.29, 0.717) is 16.6 Å². The Kier molecular flexibility index (Phi) is 7.44. The lowest BCUT2D eigenvalue weighted by atomic mass is 9.99. The molecule has 1 N–H and O–H groups in total. The first-order chi connectivity index (χ1) is 14.5. The van der Waals surface area contributed by atoms with E-state index < -0.39 is 21.6 Å². The van der Waals surface area contributed by atoms with Crippen molar-refractivity contribution < 1.29 is 22.7 Å². The third-order valence-corrected chi connectivity index (χ3v) is 6.85. The van der Waals surface area contributed by atoms with Gasteiger partial charge >= 0.3 is 5.97 Å². The highest BCUT2D eigenvalue weighted by atomic mass is 79.9. The van der Waals surface area contributed by atoms with Gasteiger partial charge in [-0.2, -0.15) is 0 Å². The SMILES string of the molecule is CC(C)(C)OC(=O)COc1cccc2c1CCCCC2NS(=O)(=O)c1cccc(Br)c1. The molecule has 8 heteroatoms. The maximum atomic E-state index is 13.0. The van der Waals surface area contributed by atoms with Gasteiger partial charge in [0.2, 0.25) is 10.0 Å². The first-order valence-corrected chi connectivity index (χ1v) is 12.6. The molecule has 6 nitrogen and oxygen atoms in total. The van der Waals surface area contributed by atoms with E-state index in [9.17, 15) is 13.2 Å². The van der Waals surface area contributed by atoms with Gasteiger partial charge in [-0.15, -0.1) is 0 Å². The number of nitrogens with one attached hydrogen (secondary N) is 1. The predicted molar refractivity (Wildman–Crippen MR) is 123 cm³/mol. The average Bonchev–Trinajstić information content (AvgIpc) is 2.87. The van der Waals surface area contributed by atoms with Gasteiger partial charge in [0.1, 0.15) is 11.4 Å². The summed E-state index contributed by atoms with van der Waals surface area (Å²) < 4.78 is 40.6.